The Balaban J connectivity index is 1.69. The highest BCUT2D eigenvalue weighted by Crippen LogP contribution is 2.31. The molecule has 6 heteroatoms. The van der Waals surface area contributed by atoms with Crippen LogP contribution in [0, 0.1) is 11.6 Å². The second kappa shape index (κ2) is 6.99. The quantitative estimate of drug-likeness (QED) is 0.766. The topological polar surface area (TPSA) is 37.4 Å². The zero-order valence-electron chi connectivity index (χ0n) is 13.2. The number of aryl methyl sites for hydroxylation is 1. The number of halogens is 2. The SMILES string of the molecule is O=S(=O)(CCc1ccc(F)cc1)N(Cc1ccc(F)cc1)C1CC1. The van der Waals surface area contributed by atoms with Crippen molar-refractivity contribution < 1.29 is 17.2 Å². The van der Waals surface area contributed by atoms with E-state index in [9.17, 15) is 17.2 Å². The molecule has 128 valence electrons. The lowest BCUT2D eigenvalue weighted by Crippen LogP contribution is -2.35. The van der Waals surface area contributed by atoms with Gasteiger partial charge in [-0.15, -0.1) is 0 Å². The third kappa shape index (κ3) is 4.39. The van der Waals surface area contributed by atoms with Crippen molar-refractivity contribution in [2.45, 2.75) is 31.8 Å². The largest absolute Gasteiger partial charge is 0.214 e. The Bertz CT molecular complexity index is 785. The molecule has 0 saturated heterocycles. The van der Waals surface area contributed by atoms with Gasteiger partial charge in [-0.2, -0.15) is 4.31 Å². The maximum absolute atomic E-state index is 13.0. The number of benzene rings is 2. The van der Waals surface area contributed by atoms with Crippen LogP contribution in [0.1, 0.15) is 24.0 Å². The molecular weight excluding hydrogens is 332 g/mol. The first-order valence-corrected chi connectivity index (χ1v) is 9.53. The minimum Gasteiger partial charge on any atom is -0.212 e. The van der Waals surface area contributed by atoms with Crippen molar-refractivity contribution in [1.29, 1.82) is 0 Å². The molecule has 3 rings (SSSR count). The molecule has 0 amide bonds. The minimum absolute atomic E-state index is 0.0175. The second-order valence-corrected chi connectivity index (χ2v) is 8.14. The molecule has 0 aromatic heterocycles. The lowest BCUT2D eigenvalue weighted by atomic mass is 10.2. The van der Waals surface area contributed by atoms with E-state index in [1.807, 2.05) is 0 Å². The van der Waals surface area contributed by atoms with Crippen LogP contribution in [0.3, 0.4) is 0 Å². The average Bonchev–Trinajstić information content (AvgIpc) is 3.38. The van der Waals surface area contributed by atoms with Gasteiger partial charge >= 0.3 is 0 Å². The van der Waals surface area contributed by atoms with Crippen molar-refractivity contribution in [3.8, 4) is 0 Å². The molecule has 0 unspecified atom stereocenters. The number of sulfonamides is 1. The molecule has 1 aliphatic carbocycles. The van der Waals surface area contributed by atoms with Crippen LogP contribution in [0.2, 0.25) is 0 Å². The molecule has 0 radical (unpaired) electrons. The van der Waals surface area contributed by atoms with Gasteiger partial charge in [-0.1, -0.05) is 24.3 Å². The third-order valence-corrected chi connectivity index (χ3v) is 5.99. The Morgan fingerprint density at radius 2 is 1.38 bits per heavy atom. The van der Waals surface area contributed by atoms with Gasteiger partial charge in [0.05, 0.1) is 5.75 Å². The molecule has 0 aliphatic heterocycles. The van der Waals surface area contributed by atoms with E-state index in [1.54, 1.807) is 24.3 Å². The molecule has 0 atom stereocenters. The van der Waals surface area contributed by atoms with Crippen LogP contribution in [0.25, 0.3) is 0 Å². The van der Waals surface area contributed by atoms with Crippen LogP contribution in [-0.2, 0) is 23.0 Å². The summed E-state index contributed by atoms with van der Waals surface area (Å²) in [7, 11) is -3.43. The Morgan fingerprint density at radius 3 is 1.88 bits per heavy atom. The summed E-state index contributed by atoms with van der Waals surface area (Å²) >= 11 is 0. The van der Waals surface area contributed by atoms with Crippen molar-refractivity contribution >= 4 is 10.0 Å². The van der Waals surface area contributed by atoms with Gasteiger partial charge in [-0.25, -0.2) is 17.2 Å². The molecule has 24 heavy (non-hydrogen) atoms. The maximum Gasteiger partial charge on any atom is 0.214 e. The van der Waals surface area contributed by atoms with Crippen LogP contribution >= 0.6 is 0 Å². The first kappa shape index (κ1) is 17.0. The van der Waals surface area contributed by atoms with E-state index in [-0.39, 0.29) is 30.0 Å². The van der Waals surface area contributed by atoms with Gasteiger partial charge in [-0.05, 0) is 54.7 Å². The molecule has 0 N–H and O–H groups in total. The predicted molar refractivity (Wildman–Crippen MR) is 88.9 cm³/mol. The highest BCUT2D eigenvalue weighted by atomic mass is 32.2. The van der Waals surface area contributed by atoms with E-state index in [1.165, 1.54) is 28.6 Å². The Hall–Kier alpha value is -1.79. The fourth-order valence-electron chi connectivity index (χ4n) is 2.60. The fraction of sp³-hybridized carbons (Fsp3) is 0.333. The highest BCUT2D eigenvalue weighted by molar-refractivity contribution is 7.89. The third-order valence-electron chi connectivity index (χ3n) is 4.13. The van der Waals surface area contributed by atoms with Crippen molar-refractivity contribution in [2.24, 2.45) is 0 Å². The van der Waals surface area contributed by atoms with E-state index < -0.39 is 10.0 Å². The zero-order chi connectivity index (χ0) is 17.2. The summed E-state index contributed by atoms with van der Waals surface area (Å²) in [6, 6.07) is 11.8. The Morgan fingerprint density at radius 1 is 0.875 bits per heavy atom. The molecule has 0 bridgehead atoms. The van der Waals surface area contributed by atoms with Crippen molar-refractivity contribution in [3.63, 3.8) is 0 Å². The average molecular weight is 351 g/mol. The van der Waals surface area contributed by atoms with Crippen LogP contribution in [0.5, 0.6) is 0 Å². The highest BCUT2D eigenvalue weighted by Gasteiger charge is 2.36. The van der Waals surface area contributed by atoms with Crippen LogP contribution in [0.4, 0.5) is 8.78 Å². The van der Waals surface area contributed by atoms with E-state index in [4.69, 9.17) is 0 Å². The molecule has 1 aliphatic rings. The summed E-state index contributed by atoms with van der Waals surface area (Å²) in [5.41, 5.74) is 1.56. The van der Waals surface area contributed by atoms with Crippen molar-refractivity contribution in [3.05, 3.63) is 71.3 Å². The number of hydrogen-bond donors (Lipinski definition) is 0. The van der Waals surface area contributed by atoms with Gasteiger partial charge in [0.2, 0.25) is 10.0 Å². The summed E-state index contributed by atoms with van der Waals surface area (Å²) in [5, 5.41) is 0. The minimum atomic E-state index is -3.43. The summed E-state index contributed by atoms with van der Waals surface area (Å²) in [6.45, 7) is 0.261. The predicted octanol–water partition coefficient (Wildman–Crippen LogP) is 3.50. The van der Waals surface area contributed by atoms with E-state index in [0.717, 1.165) is 24.0 Å². The van der Waals surface area contributed by atoms with Gasteiger partial charge in [0.1, 0.15) is 11.6 Å². The fourth-order valence-corrected chi connectivity index (χ4v) is 4.34. The maximum atomic E-state index is 13.0. The standard InChI is InChI=1S/C18H19F2NO2S/c19-16-5-1-14(2-6-16)11-12-24(22,23)21(18-9-10-18)13-15-3-7-17(20)8-4-15/h1-8,18H,9-13H2. The molecule has 1 fully saturated rings. The van der Waals surface area contributed by atoms with E-state index in [0.29, 0.717) is 6.42 Å². The zero-order valence-corrected chi connectivity index (χ0v) is 14.0. The number of nitrogens with zero attached hydrogens (tertiary/aromatic N) is 1. The molecular formula is C18H19F2NO2S. The lowest BCUT2D eigenvalue weighted by molar-refractivity contribution is 0.398. The summed E-state index contributed by atoms with van der Waals surface area (Å²) < 4.78 is 52.8. The molecule has 3 nitrogen and oxygen atoms in total. The first-order valence-electron chi connectivity index (χ1n) is 7.92. The van der Waals surface area contributed by atoms with Crippen LogP contribution < -0.4 is 0 Å². The van der Waals surface area contributed by atoms with E-state index in [2.05, 4.69) is 0 Å². The molecule has 0 heterocycles. The van der Waals surface area contributed by atoms with Gasteiger partial charge < -0.3 is 0 Å². The normalized spacial score (nSPS) is 15.0. The first-order chi connectivity index (χ1) is 11.4. The van der Waals surface area contributed by atoms with Gasteiger partial charge in [0.15, 0.2) is 0 Å². The van der Waals surface area contributed by atoms with Crippen molar-refractivity contribution in [1.82, 2.24) is 4.31 Å². The Labute approximate surface area is 141 Å². The monoisotopic (exact) mass is 351 g/mol. The smallest absolute Gasteiger partial charge is 0.212 e. The van der Waals surface area contributed by atoms with Crippen LogP contribution in [-0.4, -0.2) is 24.5 Å². The molecule has 0 spiro atoms. The number of hydrogen-bond acceptors (Lipinski definition) is 2. The molecule has 2 aromatic rings. The summed E-state index contributed by atoms with van der Waals surface area (Å²) in [4.78, 5) is 0. The van der Waals surface area contributed by atoms with Crippen LogP contribution in [0.15, 0.2) is 48.5 Å². The number of rotatable bonds is 7. The Kier molecular flexibility index (Phi) is 4.96. The summed E-state index contributed by atoms with van der Waals surface area (Å²) in [5.74, 6) is -0.690. The summed E-state index contributed by atoms with van der Waals surface area (Å²) in [6.07, 6.45) is 2.06. The van der Waals surface area contributed by atoms with Gasteiger partial charge in [-0.3, -0.25) is 0 Å². The lowest BCUT2D eigenvalue weighted by Gasteiger charge is -2.22. The molecule has 1 saturated carbocycles. The molecule has 2 aromatic carbocycles. The van der Waals surface area contributed by atoms with E-state index >= 15 is 0 Å². The van der Waals surface area contributed by atoms with Gasteiger partial charge in [0.25, 0.3) is 0 Å². The van der Waals surface area contributed by atoms with Gasteiger partial charge in [0, 0.05) is 12.6 Å². The second-order valence-electron chi connectivity index (χ2n) is 6.10. The van der Waals surface area contributed by atoms with Crippen molar-refractivity contribution in [2.75, 3.05) is 5.75 Å².